The summed E-state index contributed by atoms with van der Waals surface area (Å²) in [4.78, 5) is 12.4. The number of allylic oxidation sites excluding steroid dienone is 1. The molecule has 136 valence electrons. The zero-order valence-corrected chi connectivity index (χ0v) is 14.8. The maximum atomic E-state index is 12.4. The van der Waals surface area contributed by atoms with E-state index in [-0.39, 0.29) is 0 Å². The number of hydrogen-bond donors (Lipinski definition) is 1. The standard InChI is InChI=1S/C18H21N5O3/c1-11-15(17(24)25-2)16(23-18(19-11)20-21-22-23)12-7-9-14(10-8-12)26-13-5-3-4-6-13/h7-10,13,16H,3-6H2,1-2H3,(H,19,20,22). The summed E-state index contributed by atoms with van der Waals surface area (Å²) >= 11 is 0. The van der Waals surface area contributed by atoms with E-state index < -0.39 is 12.0 Å². The molecule has 0 saturated heterocycles. The largest absolute Gasteiger partial charge is 0.490 e. The van der Waals surface area contributed by atoms with Crippen molar-refractivity contribution >= 4 is 11.9 Å². The van der Waals surface area contributed by atoms with Crippen LogP contribution in [0, 0.1) is 0 Å². The van der Waals surface area contributed by atoms with Gasteiger partial charge < -0.3 is 14.8 Å². The third-order valence-corrected chi connectivity index (χ3v) is 4.92. The van der Waals surface area contributed by atoms with Crippen molar-refractivity contribution in [2.45, 2.75) is 44.8 Å². The lowest BCUT2D eigenvalue weighted by molar-refractivity contribution is -0.136. The number of benzene rings is 1. The van der Waals surface area contributed by atoms with Gasteiger partial charge in [0.15, 0.2) is 0 Å². The Morgan fingerprint density at radius 3 is 2.65 bits per heavy atom. The predicted octanol–water partition coefficient (Wildman–Crippen LogP) is 2.46. The van der Waals surface area contributed by atoms with Crippen molar-refractivity contribution in [2.75, 3.05) is 12.4 Å². The molecule has 1 saturated carbocycles. The molecule has 1 aromatic heterocycles. The van der Waals surface area contributed by atoms with Crippen LogP contribution in [0.2, 0.25) is 0 Å². The zero-order valence-electron chi connectivity index (χ0n) is 14.8. The Kier molecular flexibility index (Phi) is 4.32. The fourth-order valence-corrected chi connectivity index (χ4v) is 3.62. The molecule has 0 radical (unpaired) electrons. The molecule has 26 heavy (non-hydrogen) atoms. The zero-order chi connectivity index (χ0) is 18.1. The van der Waals surface area contributed by atoms with Crippen LogP contribution in [-0.2, 0) is 9.53 Å². The van der Waals surface area contributed by atoms with E-state index in [0.717, 1.165) is 24.2 Å². The van der Waals surface area contributed by atoms with Gasteiger partial charge in [0.05, 0.1) is 18.8 Å². The lowest BCUT2D eigenvalue weighted by Gasteiger charge is -2.27. The van der Waals surface area contributed by atoms with Crippen molar-refractivity contribution < 1.29 is 14.3 Å². The predicted molar refractivity (Wildman–Crippen MR) is 93.6 cm³/mol. The van der Waals surface area contributed by atoms with Gasteiger partial charge in [0.1, 0.15) is 11.8 Å². The van der Waals surface area contributed by atoms with Crippen LogP contribution in [0.1, 0.15) is 44.2 Å². The molecule has 1 aromatic carbocycles. The number of nitrogens with zero attached hydrogens (tertiary/aromatic N) is 4. The van der Waals surface area contributed by atoms with Crippen LogP contribution in [0.15, 0.2) is 35.5 Å². The molecule has 1 atom stereocenters. The summed E-state index contributed by atoms with van der Waals surface area (Å²) in [6.45, 7) is 1.81. The highest BCUT2D eigenvalue weighted by Crippen LogP contribution is 2.35. The first kappa shape index (κ1) is 16.6. The van der Waals surface area contributed by atoms with E-state index in [2.05, 4.69) is 20.8 Å². The van der Waals surface area contributed by atoms with Gasteiger partial charge >= 0.3 is 5.97 Å². The normalized spacial score (nSPS) is 19.8. The number of fused-ring (bicyclic) bond motifs is 1. The van der Waals surface area contributed by atoms with E-state index >= 15 is 0 Å². The Morgan fingerprint density at radius 2 is 1.96 bits per heavy atom. The second-order valence-electron chi connectivity index (χ2n) is 6.60. The summed E-state index contributed by atoms with van der Waals surface area (Å²) in [7, 11) is 1.37. The smallest absolute Gasteiger partial charge is 0.338 e. The van der Waals surface area contributed by atoms with Crippen molar-refractivity contribution in [3.63, 3.8) is 0 Å². The maximum absolute atomic E-state index is 12.4. The summed E-state index contributed by atoms with van der Waals surface area (Å²) in [6.07, 6.45) is 4.98. The molecule has 2 heterocycles. The van der Waals surface area contributed by atoms with Crippen LogP contribution >= 0.6 is 0 Å². The summed E-state index contributed by atoms with van der Waals surface area (Å²) in [5.41, 5.74) is 2.05. The second-order valence-corrected chi connectivity index (χ2v) is 6.60. The van der Waals surface area contributed by atoms with Crippen LogP contribution in [0.3, 0.4) is 0 Å². The molecule has 0 spiro atoms. The van der Waals surface area contributed by atoms with Gasteiger partial charge in [0.2, 0.25) is 5.95 Å². The summed E-state index contributed by atoms with van der Waals surface area (Å²) in [5.74, 6) is 0.922. The van der Waals surface area contributed by atoms with Crippen molar-refractivity contribution in [3.05, 3.63) is 41.1 Å². The van der Waals surface area contributed by atoms with E-state index in [1.807, 2.05) is 31.2 Å². The number of esters is 1. The summed E-state index contributed by atoms with van der Waals surface area (Å²) < 4.78 is 12.6. The molecule has 0 bridgehead atoms. The molecule has 1 fully saturated rings. The van der Waals surface area contributed by atoms with E-state index in [1.165, 1.54) is 20.0 Å². The number of tetrazole rings is 1. The molecular formula is C18H21N5O3. The third-order valence-electron chi connectivity index (χ3n) is 4.92. The molecule has 8 nitrogen and oxygen atoms in total. The quantitative estimate of drug-likeness (QED) is 0.842. The van der Waals surface area contributed by atoms with Crippen molar-refractivity contribution in [1.29, 1.82) is 0 Å². The minimum absolute atomic E-state index is 0.304. The number of rotatable bonds is 4. The number of nitrogens with one attached hydrogen (secondary N) is 1. The Morgan fingerprint density at radius 1 is 1.23 bits per heavy atom. The molecule has 0 amide bonds. The van der Waals surface area contributed by atoms with Gasteiger partial charge in [-0.15, -0.1) is 0 Å². The Hall–Kier alpha value is -2.90. The lowest BCUT2D eigenvalue weighted by Crippen LogP contribution is -2.29. The lowest BCUT2D eigenvalue weighted by atomic mass is 9.96. The van der Waals surface area contributed by atoms with Crippen LogP contribution in [-0.4, -0.2) is 39.4 Å². The fourth-order valence-electron chi connectivity index (χ4n) is 3.62. The molecule has 1 unspecified atom stereocenters. The highest BCUT2D eigenvalue weighted by Gasteiger charge is 2.34. The minimum atomic E-state index is -0.450. The first-order valence-corrected chi connectivity index (χ1v) is 8.78. The van der Waals surface area contributed by atoms with Crippen molar-refractivity contribution in [1.82, 2.24) is 20.2 Å². The highest BCUT2D eigenvalue weighted by atomic mass is 16.5. The van der Waals surface area contributed by atoms with E-state index in [9.17, 15) is 4.79 Å². The number of aromatic nitrogens is 4. The molecule has 2 aromatic rings. The van der Waals surface area contributed by atoms with Gasteiger partial charge in [0, 0.05) is 5.70 Å². The number of hydrogen-bond acceptors (Lipinski definition) is 7. The minimum Gasteiger partial charge on any atom is -0.490 e. The molecular weight excluding hydrogens is 334 g/mol. The number of anilines is 1. The SMILES string of the molecule is COC(=O)C1=C(C)Nc2nnnn2C1c1ccc(OC2CCCC2)cc1. The molecule has 1 aliphatic heterocycles. The summed E-state index contributed by atoms with van der Waals surface area (Å²) in [6, 6.07) is 7.31. The number of carbonyl (C=O) groups excluding carboxylic acids is 1. The monoisotopic (exact) mass is 355 g/mol. The van der Waals surface area contributed by atoms with Gasteiger partial charge in [-0.25, -0.2) is 4.79 Å². The van der Waals surface area contributed by atoms with Gasteiger partial charge in [-0.2, -0.15) is 4.68 Å². The number of ether oxygens (including phenoxy) is 2. The van der Waals surface area contributed by atoms with Crippen molar-refractivity contribution in [2.24, 2.45) is 0 Å². The molecule has 1 N–H and O–H groups in total. The maximum Gasteiger partial charge on any atom is 0.338 e. The highest BCUT2D eigenvalue weighted by molar-refractivity contribution is 5.92. The summed E-state index contributed by atoms with van der Waals surface area (Å²) in [5, 5.41) is 14.8. The van der Waals surface area contributed by atoms with Gasteiger partial charge in [-0.3, -0.25) is 0 Å². The Bertz CT molecular complexity index is 837. The van der Waals surface area contributed by atoms with E-state index in [1.54, 1.807) is 4.68 Å². The number of methoxy groups -OCH3 is 1. The van der Waals surface area contributed by atoms with Crippen LogP contribution in [0.25, 0.3) is 0 Å². The third kappa shape index (κ3) is 2.91. The van der Waals surface area contributed by atoms with E-state index in [4.69, 9.17) is 9.47 Å². The van der Waals surface area contributed by atoms with E-state index in [0.29, 0.717) is 23.3 Å². The van der Waals surface area contributed by atoms with Crippen molar-refractivity contribution in [3.8, 4) is 5.75 Å². The second kappa shape index (κ2) is 6.78. The molecule has 8 heteroatoms. The Labute approximate surface area is 151 Å². The fraction of sp³-hybridized carbons (Fsp3) is 0.444. The average Bonchev–Trinajstić information content (AvgIpc) is 3.32. The number of carbonyl (C=O) groups is 1. The molecule has 1 aliphatic carbocycles. The molecule has 4 rings (SSSR count). The van der Waals surface area contributed by atoms with Gasteiger partial charge in [0.25, 0.3) is 0 Å². The van der Waals surface area contributed by atoms with Crippen LogP contribution in [0.4, 0.5) is 5.95 Å². The van der Waals surface area contributed by atoms with Gasteiger partial charge in [-0.05, 0) is 60.7 Å². The first-order chi connectivity index (χ1) is 12.7. The Balaban J connectivity index is 1.66. The first-order valence-electron chi connectivity index (χ1n) is 8.78. The van der Waals surface area contributed by atoms with Crippen LogP contribution < -0.4 is 10.1 Å². The van der Waals surface area contributed by atoms with Gasteiger partial charge in [-0.1, -0.05) is 17.2 Å². The molecule has 2 aliphatic rings. The van der Waals surface area contributed by atoms with Crippen LogP contribution in [0.5, 0.6) is 5.75 Å². The average molecular weight is 355 g/mol. The topological polar surface area (TPSA) is 91.2 Å².